The van der Waals surface area contributed by atoms with Gasteiger partial charge in [0.05, 0.1) is 0 Å². The molecule has 0 atom stereocenters. The number of hydrogen-bond acceptors (Lipinski definition) is 4. The van der Waals surface area contributed by atoms with Gasteiger partial charge in [0.1, 0.15) is 0 Å². The van der Waals surface area contributed by atoms with Gasteiger partial charge in [0.2, 0.25) is 0 Å². The van der Waals surface area contributed by atoms with Gasteiger partial charge in [0.25, 0.3) is 0 Å². The number of alkyl halides is 6. The van der Waals surface area contributed by atoms with Crippen LogP contribution < -0.4 is 0 Å². The van der Waals surface area contributed by atoms with E-state index in [0.717, 1.165) is 0 Å². The van der Waals surface area contributed by atoms with Crippen molar-refractivity contribution < 1.29 is 48.5 Å². The Balaban J connectivity index is 0. The highest BCUT2D eigenvalue weighted by Crippen LogP contribution is 2.23. The Morgan fingerprint density at radius 2 is 1.38 bits per heavy atom. The van der Waals surface area contributed by atoms with E-state index in [1.807, 2.05) is 0 Å². The molecule has 98 valence electrons. The van der Waals surface area contributed by atoms with Crippen molar-refractivity contribution in [2.24, 2.45) is 0 Å². The van der Waals surface area contributed by atoms with Crippen molar-refractivity contribution in [3.63, 3.8) is 0 Å². The summed E-state index contributed by atoms with van der Waals surface area (Å²) in [7, 11) is -5.75. The van der Waals surface area contributed by atoms with Gasteiger partial charge in [0, 0.05) is 0 Å². The van der Waals surface area contributed by atoms with Gasteiger partial charge < -0.3 is 8.98 Å². The first-order chi connectivity index (χ1) is 6.75. The molecule has 13 heteroatoms. The van der Waals surface area contributed by atoms with E-state index >= 15 is 0 Å². The van der Waals surface area contributed by atoms with E-state index in [-0.39, 0.29) is 0 Å². The molecule has 0 saturated carbocycles. The maximum absolute atomic E-state index is 11.1. The fourth-order valence-corrected chi connectivity index (χ4v) is 0.850. The summed E-state index contributed by atoms with van der Waals surface area (Å²) in [6.45, 7) is 0. The fourth-order valence-electron chi connectivity index (χ4n) is 0.0945. The topological polar surface area (TPSA) is 80.7 Å². The summed E-state index contributed by atoms with van der Waals surface area (Å²) in [5.41, 5.74) is -5.27. The van der Waals surface area contributed by atoms with Gasteiger partial charge in [-0.05, 0) is 0 Å². The van der Waals surface area contributed by atoms with Gasteiger partial charge in [-0.1, -0.05) is 0 Å². The maximum Gasteiger partial charge on any atom is 0.522 e. The zero-order valence-corrected chi connectivity index (χ0v) is 10.1. The molecule has 0 heterocycles. The number of hydrogen-bond donors (Lipinski definition) is 1. The van der Waals surface area contributed by atoms with Crippen molar-refractivity contribution in [2.45, 2.75) is 11.7 Å². The SMILES string of the molecule is O=C(O)C(F)(F)F.O=S(=O)(O[SiH3])C(F)(F)F. The van der Waals surface area contributed by atoms with E-state index in [1.54, 1.807) is 0 Å². The second-order valence-electron chi connectivity index (χ2n) is 1.87. The monoisotopic (exact) mass is 294 g/mol. The first-order valence-corrected chi connectivity index (χ1v) is 5.15. The summed E-state index contributed by atoms with van der Waals surface area (Å²) >= 11 is 0. The summed E-state index contributed by atoms with van der Waals surface area (Å²) < 4.78 is 87.9. The third-order valence-electron chi connectivity index (χ3n) is 0.745. The summed E-state index contributed by atoms with van der Waals surface area (Å²) in [5.74, 6) is -2.76. The van der Waals surface area contributed by atoms with E-state index in [9.17, 15) is 34.8 Å². The number of rotatable bonds is 1. The molecule has 1 N–H and O–H groups in total. The molecule has 5 nitrogen and oxygen atoms in total. The van der Waals surface area contributed by atoms with Crippen molar-refractivity contribution in [1.82, 2.24) is 0 Å². The zero-order chi connectivity index (χ0) is 13.8. The maximum atomic E-state index is 11.1. The van der Waals surface area contributed by atoms with E-state index in [0.29, 0.717) is 0 Å². The molecule has 0 aromatic carbocycles. The Hall–Kier alpha value is -0.823. The minimum atomic E-state index is -5.27. The van der Waals surface area contributed by atoms with Crippen molar-refractivity contribution >= 4 is 26.6 Å². The molecule has 0 aliphatic heterocycles. The lowest BCUT2D eigenvalue weighted by Crippen LogP contribution is -2.24. The molecular formula is C3H4F6O5SSi. The average molecular weight is 294 g/mol. The fraction of sp³-hybridized carbons (Fsp3) is 0.667. The van der Waals surface area contributed by atoms with Crippen molar-refractivity contribution in [3.8, 4) is 0 Å². The number of carboxylic acid groups (broad SMARTS) is 1. The molecule has 0 aliphatic carbocycles. The van der Waals surface area contributed by atoms with Crippen LogP contribution in [0.25, 0.3) is 0 Å². The number of aliphatic carboxylic acids is 1. The van der Waals surface area contributed by atoms with Crippen molar-refractivity contribution in [2.75, 3.05) is 0 Å². The molecule has 0 amide bonds. The largest absolute Gasteiger partial charge is 0.522 e. The van der Waals surface area contributed by atoms with Gasteiger partial charge in [-0.3, -0.25) is 0 Å². The van der Waals surface area contributed by atoms with Gasteiger partial charge >= 0.3 is 27.8 Å². The van der Waals surface area contributed by atoms with E-state index in [2.05, 4.69) is 3.87 Å². The average Bonchev–Trinajstić information content (AvgIpc) is 2.01. The standard InChI is InChI=1S/C2HF3O2.CH3F3O3SSi/c3-2(4,5)1(6)7;2-1(3,4)8(5,6)7-9/h(H,6,7);9H3. The smallest absolute Gasteiger partial charge is 0.475 e. The van der Waals surface area contributed by atoms with Crippen molar-refractivity contribution in [3.05, 3.63) is 0 Å². The van der Waals surface area contributed by atoms with Crippen LogP contribution in [0.15, 0.2) is 0 Å². The highest BCUT2D eigenvalue weighted by atomic mass is 32.2. The van der Waals surface area contributed by atoms with Gasteiger partial charge in [0.15, 0.2) is 10.5 Å². The summed E-state index contributed by atoms with van der Waals surface area (Å²) in [5, 5.41) is 7.12. The molecule has 0 radical (unpaired) electrons. The first kappa shape index (κ1) is 17.6. The Labute approximate surface area is 87.7 Å². The Bertz CT molecular complexity index is 329. The lowest BCUT2D eigenvalue weighted by molar-refractivity contribution is -0.192. The number of halogens is 6. The number of carboxylic acids is 1. The molecule has 0 spiro atoms. The second-order valence-corrected chi connectivity index (χ2v) is 4.57. The van der Waals surface area contributed by atoms with E-state index < -0.39 is 38.3 Å². The Morgan fingerprint density at radius 1 is 1.12 bits per heavy atom. The minimum absolute atomic E-state index is 0.480. The molecule has 0 bridgehead atoms. The van der Waals surface area contributed by atoms with Crippen LogP contribution in [0.5, 0.6) is 0 Å². The first-order valence-electron chi connectivity index (χ1n) is 2.92. The zero-order valence-electron chi connectivity index (χ0n) is 7.26. The third-order valence-corrected chi connectivity index (χ3v) is 3.07. The lowest BCUT2D eigenvalue weighted by Gasteiger charge is -2.03. The molecule has 0 rings (SSSR count). The number of carbonyl (C=O) groups is 1. The van der Waals surface area contributed by atoms with Gasteiger partial charge in [-0.15, -0.1) is 0 Å². The molecule has 0 aliphatic rings. The predicted molar refractivity (Wildman–Crippen MR) is 39.7 cm³/mol. The quantitative estimate of drug-likeness (QED) is 0.410. The highest BCUT2D eigenvalue weighted by Gasteiger charge is 2.45. The molecular weight excluding hydrogens is 290 g/mol. The van der Waals surface area contributed by atoms with Crippen LogP contribution in [0.3, 0.4) is 0 Å². The van der Waals surface area contributed by atoms with Gasteiger partial charge in [-0.2, -0.15) is 34.8 Å². The Morgan fingerprint density at radius 3 is 1.38 bits per heavy atom. The van der Waals surface area contributed by atoms with Gasteiger partial charge in [-0.25, -0.2) is 4.79 Å². The minimum Gasteiger partial charge on any atom is -0.475 e. The normalized spacial score (nSPS) is 12.9. The van der Waals surface area contributed by atoms with Crippen molar-refractivity contribution in [1.29, 1.82) is 0 Å². The molecule has 0 aromatic rings. The van der Waals surface area contributed by atoms with E-state index in [1.165, 1.54) is 0 Å². The summed E-state index contributed by atoms with van der Waals surface area (Å²) in [6, 6.07) is 0. The highest BCUT2D eigenvalue weighted by molar-refractivity contribution is 7.88. The molecule has 0 saturated heterocycles. The van der Waals surface area contributed by atoms with Crippen LogP contribution in [0, 0.1) is 0 Å². The van der Waals surface area contributed by atoms with Crippen LogP contribution in [-0.2, 0) is 18.8 Å². The van der Waals surface area contributed by atoms with Crippen LogP contribution >= 0.6 is 0 Å². The summed E-state index contributed by atoms with van der Waals surface area (Å²) in [6.07, 6.45) is -5.08. The van der Waals surface area contributed by atoms with E-state index in [4.69, 9.17) is 9.90 Å². The third kappa shape index (κ3) is 6.62. The lowest BCUT2D eigenvalue weighted by atomic mass is 10.7. The van der Waals surface area contributed by atoms with Crippen LogP contribution in [0.1, 0.15) is 0 Å². The van der Waals surface area contributed by atoms with Crippen LogP contribution in [0.4, 0.5) is 26.3 Å². The molecule has 16 heavy (non-hydrogen) atoms. The molecule has 0 fully saturated rings. The van der Waals surface area contributed by atoms with Crippen LogP contribution in [-0.4, -0.2) is 41.7 Å². The molecule has 0 aromatic heterocycles. The second kappa shape index (κ2) is 5.49. The van der Waals surface area contributed by atoms with Crippen LogP contribution in [0.2, 0.25) is 0 Å². The Kier molecular flexibility index (Phi) is 6.03. The molecule has 0 unspecified atom stereocenters. The summed E-state index contributed by atoms with van der Waals surface area (Å²) in [4.78, 5) is 8.90. The predicted octanol–water partition coefficient (Wildman–Crippen LogP) is -0.234.